The van der Waals surface area contributed by atoms with Crippen LogP contribution >= 0.6 is 0 Å². The van der Waals surface area contributed by atoms with Crippen LogP contribution in [0.4, 0.5) is 0 Å². The Labute approximate surface area is 116 Å². The van der Waals surface area contributed by atoms with Crippen molar-refractivity contribution >= 4 is 11.9 Å². The molecule has 6 nitrogen and oxygen atoms in total. The fourth-order valence-electron chi connectivity index (χ4n) is 2.24. The second kappa shape index (κ2) is 6.49. The number of carbonyl (C=O) groups excluding carboxylic acids is 1. The maximum Gasteiger partial charge on any atom is 0.326 e. The fourth-order valence-corrected chi connectivity index (χ4v) is 2.24. The Bertz CT molecular complexity index is 477. The van der Waals surface area contributed by atoms with Gasteiger partial charge in [-0.3, -0.25) is 4.79 Å². The van der Waals surface area contributed by atoms with Crippen molar-refractivity contribution in [3.05, 3.63) is 35.9 Å². The van der Waals surface area contributed by atoms with Crippen molar-refractivity contribution in [2.75, 3.05) is 6.54 Å². The first kappa shape index (κ1) is 14.5. The molecule has 0 bridgehead atoms. The van der Waals surface area contributed by atoms with Crippen molar-refractivity contribution in [2.45, 2.75) is 31.0 Å². The molecule has 1 amide bonds. The molecular formula is C14H18N2O4. The lowest BCUT2D eigenvalue weighted by atomic mass is 10.1. The average Bonchev–Trinajstić information content (AvgIpc) is 2.86. The second-order valence-corrected chi connectivity index (χ2v) is 4.94. The van der Waals surface area contributed by atoms with Crippen molar-refractivity contribution in [1.29, 1.82) is 0 Å². The van der Waals surface area contributed by atoms with Crippen LogP contribution in [0.1, 0.15) is 12.0 Å². The van der Waals surface area contributed by atoms with Gasteiger partial charge in [-0.1, -0.05) is 30.3 Å². The standard InChI is InChI=1S/C14H18N2O4/c17-10-7-11(15-8-10)13(18)16-12(14(19)20)6-9-4-2-1-3-5-9/h1-5,10-12,15,17H,6-8H2,(H,16,18)(H,19,20)/t10-,11+,12+/m1/s1. The molecule has 2 rings (SSSR count). The summed E-state index contributed by atoms with van der Waals surface area (Å²) >= 11 is 0. The topological polar surface area (TPSA) is 98.7 Å². The normalized spacial score (nSPS) is 23.2. The van der Waals surface area contributed by atoms with Gasteiger partial charge >= 0.3 is 5.97 Å². The predicted molar refractivity (Wildman–Crippen MR) is 72.1 cm³/mol. The molecule has 0 spiro atoms. The molecule has 0 aliphatic carbocycles. The van der Waals surface area contributed by atoms with Gasteiger partial charge in [-0.05, 0) is 12.0 Å². The molecule has 1 aliphatic heterocycles. The molecule has 20 heavy (non-hydrogen) atoms. The molecule has 1 saturated heterocycles. The van der Waals surface area contributed by atoms with Crippen molar-refractivity contribution in [2.24, 2.45) is 0 Å². The van der Waals surface area contributed by atoms with E-state index in [1.165, 1.54) is 0 Å². The van der Waals surface area contributed by atoms with E-state index in [2.05, 4.69) is 10.6 Å². The largest absolute Gasteiger partial charge is 0.480 e. The van der Waals surface area contributed by atoms with Crippen LogP contribution in [0.25, 0.3) is 0 Å². The molecule has 1 aromatic carbocycles. The number of carbonyl (C=O) groups is 2. The summed E-state index contributed by atoms with van der Waals surface area (Å²) in [6.07, 6.45) is -0.0103. The van der Waals surface area contributed by atoms with E-state index >= 15 is 0 Å². The summed E-state index contributed by atoms with van der Waals surface area (Å²) in [4.78, 5) is 23.2. The molecule has 3 atom stereocenters. The Morgan fingerprint density at radius 1 is 1.35 bits per heavy atom. The van der Waals surface area contributed by atoms with Crippen molar-refractivity contribution < 1.29 is 19.8 Å². The number of carboxylic acid groups (broad SMARTS) is 1. The molecular weight excluding hydrogens is 260 g/mol. The zero-order chi connectivity index (χ0) is 14.5. The summed E-state index contributed by atoms with van der Waals surface area (Å²) in [5.74, 6) is -1.45. The van der Waals surface area contributed by atoms with Gasteiger partial charge in [0, 0.05) is 13.0 Å². The minimum absolute atomic E-state index is 0.233. The number of aliphatic carboxylic acids is 1. The summed E-state index contributed by atoms with van der Waals surface area (Å²) in [6, 6.07) is 7.64. The molecule has 4 N–H and O–H groups in total. The van der Waals surface area contributed by atoms with Gasteiger partial charge < -0.3 is 20.8 Å². The van der Waals surface area contributed by atoms with E-state index in [0.29, 0.717) is 13.0 Å². The number of nitrogens with one attached hydrogen (secondary N) is 2. The van der Waals surface area contributed by atoms with Crippen LogP contribution in [0, 0.1) is 0 Å². The Hall–Kier alpha value is -1.92. The lowest BCUT2D eigenvalue weighted by molar-refractivity contribution is -0.142. The smallest absolute Gasteiger partial charge is 0.326 e. The quantitative estimate of drug-likeness (QED) is 0.583. The van der Waals surface area contributed by atoms with Crippen molar-refractivity contribution in [3.63, 3.8) is 0 Å². The molecule has 108 valence electrons. The number of rotatable bonds is 5. The van der Waals surface area contributed by atoms with E-state index in [1.54, 1.807) is 0 Å². The fraction of sp³-hybridized carbons (Fsp3) is 0.429. The van der Waals surface area contributed by atoms with Gasteiger partial charge in [-0.25, -0.2) is 4.79 Å². The van der Waals surface area contributed by atoms with Crippen LogP contribution in [0.2, 0.25) is 0 Å². The van der Waals surface area contributed by atoms with Crippen LogP contribution < -0.4 is 10.6 Å². The highest BCUT2D eigenvalue weighted by Crippen LogP contribution is 2.08. The average molecular weight is 278 g/mol. The summed E-state index contributed by atoms with van der Waals surface area (Å²) in [5.41, 5.74) is 0.847. The maximum atomic E-state index is 11.9. The van der Waals surface area contributed by atoms with E-state index in [-0.39, 0.29) is 12.3 Å². The summed E-state index contributed by atoms with van der Waals surface area (Å²) in [7, 11) is 0. The molecule has 0 unspecified atom stereocenters. The highest BCUT2D eigenvalue weighted by Gasteiger charge is 2.30. The second-order valence-electron chi connectivity index (χ2n) is 4.94. The number of carboxylic acids is 1. The first-order valence-corrected chi connectivity index (χ1v) is 6.55. The molecule has 1 fully saturated rings. The Morgan fingerprint density at radius 2 is 2.05 bits per heavy atom. The van der Waals surface area contributed by atoms with E-state index in [1.807, 2.05) is 30.3 Å². The minimum atomic E-state index is -1.07. The third-order valence-corrected chi connectivity index (χ3v) is 3.32. The lowest BCUT2D eigenvalue weighted by Gasteiger charge is -2.17. The van der Waals surface area contributed by atoms with Gasteiger partial charge in [0.15, 0.2) is 0 Å². The van der Waals surface area contributed by atoms with Crippen molar-refractivity contribution in [3.8, 4) is 0 Å². The monoisotopic (exact) mass is 278 g/mol. The van der Waals surface area contributed by atoms with Crippen LogP contribution in [-0.2, 0) is 16.0 Å². The number of aliphatic hydroxyl groups excluding tert-OH is 1. The first-order valence-electron chi connectivity index (χ1n) is 6.55. The summed E-state index contributed by atoms with van der Waals surface area (Å²) in [6.45, 7) is 0.356. The number of β-amino-alcohol motifs (C(OH)–C–C–N with tert-alkyl or cyclic N) is 1. The zero-order valence-electron chi connectivity index (χ0n) is 11.0. The molecule has 1 heterocycles. The Balaban J connectivity index is 1.96. The van der Waals surface area contributed by atoms with Crippen molar-refractivity contribution in [1.82, 2.24) is 10.6 Å². The molecule has 1 aliphatic rings. The van der Waals surface area contributed by atoms with E-state index in [0.717, 1.165) is 5.56 Å². The highest BCUT2D eigenvalue weighted by atomic mass is 16.4. The van der Waals surface area contributed by atoms with Gasteiger partial charge in [0.2, 0.25) is 5.91 Å². The third-order valence-electron chi connectivity index (χ3n) is 3.32. The Kier molecular flexibility index (Phi) is 4.70. The highest BCUT2D eigenvalue weighted by molar-refractivity contribution is 5.87. The number of amides is 1. The van der Waals surface area contributed by atoms with Gasteiger partial charge in [0.05, 0.1) is 12.1 Å². The maximum absolute atomic E-state index is 11.9. The minimum Gasteiger partial charge on any atom is -0.480 e. The van der Waals surface area contributed by atoms with Crippen LogP contribution in [0.5, 0.6) is 0 Å². The summed E-state index contributed by atoms with van der Waals surface area (Å²) < 4.78 is 0. The molecule has 0 saturated carbocycles. The third kappa shape index (κ3) is 3.79. The summed E-state index contributed by atoms with van der Waals surface area (Å²) in [5, 5.41) is 23.9. The zero-order valence-corrected chi connectivity index (χ0v) is 11.0. The Morgan fingerprint density at radius 3 is 2.60 bits per heavy atom. The van der Waals surface area contributed by atoms with E-state index in [9.17, 15) is 19.8 Å². The van der Waals surface area contributed by atoms with Crippen LogP contribution in [0.3, 0.4) is 0 Å². The number of hydrogen-bond acceptors (Lipinski definition) is 4. The van der Waals surface area contributed by atoms with Gasteiger partial charge in [0.1, 0.15) is 6.04 Å². The number of aliphatic hydroxyl groups is 1. The van der Waals surface area contributed by atoms with Crippen LogP contribution in [-0.4, -0.2) is 46.8 Å². The lowest BCUT2D eigenvalue weighted by Crippen LogP contribution is -2.49. The number of benzene rings is 1. The van der Waals surface area contributed by atoms with E-state index < -0.39 is 24.2 Å². The van der Waals surface area contributed by atoms with Gasteiger partial charge in [0.25, 0.3) is 0 Å². The van der Waals surface area contributed by atoms with Gasteiger partial charge in [-0.15, -0.1) is 0 Å². The van der Waals surface area contributed by atoms with Gasteiger partial charge in [-0.2, -0.15) is 0 Å². The van der Waals surface area contributed by atoms with Crippen LogP contribution in [0.15, 0.2) is 30.3 Å². The molecule has 1 aromatic rings. The molecule has 0 aromatic heterocycles. The van der Waals surface area contributed by atoms with E-state index in [4.69, 9.17) is 0 Å². The molecule has 0 radical (unpaired) electrons. The first-order chi connectivity index (χ1) is 9.56. The predicted octanol–water partition coefficient (Wildman–Crippen LogP) is -0.479. The number of hydrogen-bond donors (Lipinski definition) is 4. The SMILES string of the molecule is O=C(O)[C@H](Cc1ccccc1)NC(=O)[C@@H]1C[C@@H](O)CN1. The molecule has 6 heteroatoms.